The molecule has 0 aromatic heterocycles. The first kappa shape index (κ1) is 12.7. The van der Waals surface area contributed by atoms with Crippen LogP contribution in [-0.4, -0.2) is 11.1 Å². The molecule has 0 saturated carbocycles. The fraction of sp³-hybridized carbons (Fsp3) is 0. The van der Waals surface area contributed by atoms with Crippen LogP contribution in [0.3, 0.4) is 0 Å². The van der Waals surface area contributed by atoms with E-state index in [0.717, 1.165) is 0 Å². The Labute approximate surface area is 101 Å². The molecular weight excluding hydrogens is 212 g/mol. The fourth-order valence-electron chi connectivity index (χ4n) is 1.17. The standard InChI is InChI=1S/C8H8.C7H6O2/c1-2-8-6-4-3-5-7-8;8-7(9)6-4-2-1-3-5-6/h2-7H,1H2;1-5H,(H,8,9). The Morgan fingerprint density at radius 3 is 1.71 bits per heavy atom. The van der Waals surface area contributed by atoms with Crippen LogP contribution in [0.2, 0.25) is 0 Å². The van der Waals surface area contributed by atoms with Gasteiger partial charge in [-0.3, -0.25) is 0 Å². The zero-order valence-electron chi connectivity index (χ0n) is 9.41. The number of hydrogen-bond donors (Lipinski definition) is 1. The van der Waals surface area contributed by atoms with Crippen LogP contribution in [0, 0.1) is 0 Å². The highest BCUT2D eigenvalue weighted by atomic mass is 16.4. The van der Waals surface area contributed by atoms with Crippen molar-refractivity contribution in [2.45, 2.75) is 0 Å². The molecule has 1 N–H and O–H groups in total. The van der Waals surface area contributed by atoms with Crippen LogP contribution < -0.4 is 0 Å². The van der Waals surface area contributed by atoms with E-state index >= 15 is 0 Å². The van der Waals surface area contributed by atoms with E-state index in [9.17, 15) is 4.79 Å². The summed E-state index contributed by atoms with van der Waals surface area (Å²) in [4.78, 5) is 10.2. The van der Waals surface area contributed by atoms with E-state index in [4.69, 9.17) is 5.11 Å². The van der Waals surface area contributed by atoms with Gasteiger partial charge in [0.25, 0.3) is 0 Å². The molecule has 0 atom stereocenters. The molecule has 2 aromatic carbocycles. The lowest BCUT2D eigenvalue weighted by molar-refractivity contribution is 0.0697. The van der Waals surface area contributed by atoms with E-state index in [1.54, 1.807) is 30.3 Å². The summed E-state index contributed by atoms with van der Waals surface area (Å²) in [5.41, 5.74) is 1.50. The van der Waals surface area contributed by atoms with Gasteiger partial charge in [-0.05, 0) is 17.7 Å². The SMILES string of the molecule is C=Cc1ccccc1.O=C(O)c1ccccc1. The van der Waals surface area contributed by atoms with E-state index in [2.05, 4.69) is 6.58 Å². The van der Waals surface area contributed by atoms with Crippen molar-refractivity contribution >= 4 is 12.0 Å². The lowest BCUT2D eigenvalue weighted by atomic mass is 10.2. The summed E-state index contributed by atoms with van der Waals surface area (Å²) in [7, 11) is 0. The fourth-order valence-corrected chi connectivity index (χ4v) is 1.17. The quantitative estimate of drug-likeness (QED) is 0.847. The predicted molar refractivity (Wildman–Crippen MR) is 69.9 cm³/mol. The van der Waals surface area contributed by atoms with Gasteiger partial charge in [0.05, 0.1) is 5.56 Å². The Morgan fingerprint density at radius 2 is 1.41 bits per heavy atom. The molecule has 0 saturated heterocycles. The number of aromatic carboxylic acids is 1. The summed E-state index contributed by atoms with van der Waals surface area (Å²) in [6.45, 7) is 3.63. The summed E-state index contributed by atoms with van der Waals surface area (Å²) >= 11 is 0. The van der Waals surface area contributed by atoms with Gasteiger partial charge in [-0.25, -0.2) is 4.79 Å². The summed E-state index contributed by atoms with van der Waals surface area (Å²) in [5, 5.41) is 8.38. The third kappa shape index (κ3) is 4.80. The van der Waals surface area contributed by atoms with E-state index < -0.39 is 5.97 Å². The molecule has 0 aliphatic heterocycles. The molecule has 0 aliphatic carbocycles. The van der Waals surface area contributed by atoms with Crippen LogP contribution in [0.25, 0.3) is 6.08 Å². The third-order valence-corrected chi connectivity index (χ3v) is 2.06. The highest BCUT2D eigenvalue weighted by Gasteiger charge is 1.96. The second-order valence-corrected chi connectivity index (χ2v) is 3.29. The second-order valence-electron chi connectivity index (χ2n) is 3.29. The Balaban J connectivity index is 0.000000171. The molecule has 86 valence electrons. The van der Waals surface area contributed by atoms with Crippen LogP contribution >= 0.6 is 0 Å². The lowest BCUT2D eigenvalue weighted by Gasteiger charge is -1.88. The summed E-state index contributed by atoms with van der Waals surface area (Å²) < 4.78 is 0. The number of carboxylic acid groups (broad SMARTS) is 1. The van der Waals surface area contributed by atoms with E-state index in [0.29, 0.717) is 5.56 Å². The average molecular weight is 226 g/mol. The summed E-state index contributed by atoms with van der Waals surface area (Å²) in [6, 6.07) is 18.3. The third-order valence-electron chi connectivity index (χ3n) is 2.06. The van der Waals surface area contributed by atoms with Crippen LogP contribution in [-0.2, 0) is 0 Å². The molecule has 2 rings (SSSR count). The minimum absolute atomic E-state index is 0.331. The van der Waals surface area contributed by atoms with E-state index in [-0.39, 0.29) is 0 Å². The molecule has 0 radical (unpaired) electrons. The number of carbonyl (C=O) groups is 1. The maximum atomic E-state index is 10.2. The van der Waals surface area contributed by atoms with Crippen molar-refractivity contribution in [2.24, 2.45) is 0 Å². The molecule has 0 unspecified atom stereocenters. The number of carboxylic acids is 1. The molecule has 2 nitrogen and oxygen atoms in total. The van der Waals surface area contributed by atoms with Gasteiger partial charge >= 0.3 is 5.97 Å². The number of hydrogen-bond acceptors (Lipinski definition) is 1. The topological polar surface area (TPSA) is 37.3 Å². The summed E-state index contributed by atoms with van der Waals surface area (Å²) in [5.74, 6) is -0.879. The zero-order chi connectivity index (χ0) is 12.5. The highest BCUT2D eigenvalue weighted by molar-refractivity contribution is 5.87. The Morgan fingerprint density at radius 1 is 0.941 bits per heavy atom. The van der Waals surface area contributed by atoms with Crippen molar-refractivity contribution in [3.63, 3.8) is 0 Å². The molecule has 2 heteroatoms. The van der Waals surface area contributed by atoms with E-state index in [1.165, 1.54) is 5.56 Å². The molecule has 0 spiro atoms. The molecule has 0 aliphatic rings. The predicted octanol–water partition coefficient (Wildman–Crippen LogP) is 3.71. The number of benzene rings is 2. The van der Waals surface area contributed by atoms with Crippen molar-refractivity contribution < 1.29 is 9.90 Å². The molecular formula is C15H14O2. The maximum Gasteiger partial charge on any atom is 0.335 e. The number of rotatable bonds is 2. The molecule has 2 aromatic rings. The van der Waals surface area contributed by atoms with Crippen LogP contribution in [0.15, 0.2) is 67.2 Å². The first-order valence-corrected chi connectivity index (χ1v) is 5.20. The van der Waals surface area contributed by atoms with Crippen molar-refractivity contribution in [1.29, 1.82) is 0 Å². The Kier molecular flexibility index (Phi) is 5.25. The maximum absolute atomic E-state index is 10.2. The van der Waals surface area contributed by atoms with E-state index in [1.807, 2.05) is 36.4 Å². The normalized spacial score (nSPS) is 8.71. The second kappa shape index (κ2) is 7.01. The monoisotopic (exact) mass is 226 g/mol. The summed E-state index contributed by atoms with van der Waals surface area (Å²) in [6.07, 6.45) is 1.83. The van der Waals surface area contributed by atoms with Gasteiger partial charge in [0.2, 0.25) is 0 Å². The highest BCUT2D eigenvalue weighted by Crippen LogP contribution is 1.97. The lowest BCUT2D eigenvalue weighted by Crippen LogP contribution is -1.93. The Bertz CT molecular complexity index is 461. The van der Waals surface area contributed by atoms with Gasteiger partial charge < -0.3 is 5.11 Å². The van der Waals surface area contributed by atoms with Gasteiger partial charge in [-0.2, -0.15) is 0 Å². The van der Waals surface area contributed by atoms with Gasteiger partial charge in [-0.1, -0.05) is 61.2 Å². The van der Waals surface area contributed by atoms with Gasteiger partial charge in [0, 0.05) is 0 Å². The minimum Gasteiger partial charge on any atom is -0.478 e. The van der Waals surface area contributed by atoms with Crippen molar-refractivity contribution in [3.05, 3.63) is 78.4 Å². The van der Waals surface area contributed by atoms with Crippen LogP contribution in [0.4, 0.5) is 0 Å². The van der Waals surface area contributed by atoms with Crippen molar-refractivity contribution in [1.82, 2.24) is 0 Å². The van der Waals surface area contributed by atoms with Gasteiger partial charge in [-0.15, -0.1) is 0 Å². The average Bonchev–Trinajstić information content (AvgIpc) is 2.41. The van der Waals surface area contributed by atoms with Gasteiger partial charge in [0.15, 0.2) is 0 Å². The first-order chi connectivity index (χ1) is 8.24. The van der Waals surface area contributed by atoms with Crippen molar-refractivity contribution in [2.75, 3.05) is 0 Å². The van der Waals surface area contributed by atoms with Gasteiger partial charge in [0.1, 0.15) is 0 Å². The molecule has 0 fully saturated rings. The van der Waals surface area contributed by atoms with Crippen LogP contribution in [0.1, 0.15) is 15.9 Å². The largest absolute Gasteiger partial charge is 0.478 e. The zero-order valence-corrected chi connectivity index (χ0v) is 9.41. The van der Waals surface area contributed by atoms with Crippen molar-refractivity contribution in [3.8, 4) is 0 Å². The molecule has 0 heterocycles. The molecule has 0 amide bonds. The first-order valence-electron chi connectivity index (χ1n) is 5.20. The Hall–Kier alpha value is -2.35. The molecule has 0 bridgehead atoms. The van der Waals surface area contributed by atoms with Crippen LogP contribution in [0.5, 0.6) is 0 Å². The molecule has 17 heavy (non-hydrogen) atoms. The minimum atomic E-state index is -0.879. The smallest absolute Gasteiger partial charge is 0.335 e.